The highest BCUT2D eigenvalue weighted by molar-refractivity contribution is 7.99. The molecule has 1 fully saturated rings. The fourth-order valence-electron chi connectivity index (χ4n) is 3.11. The minimum Gasteiger partial charge on any atom is -0.347 e. The molecule has 1 aromatic rings. The van der Waals surface area contributed by atoms with E-state index in [-0.39, 0.29) is 36.8 Å². The number of thioether (sulfide) groups is 1. The number of nitrogens with one attached hydrogen (secondary N) is 2. The number of para-hydroxylation sites is 1. The summed E-state index contributed by atoms with van der Waals surface area (Å²) in [5, 5.41) is 6.12. The zero-order chi connectivity index (χ0) is 16.1. The molecule has 1 saturated heterocycles. The number of fused-ring (bicyclic) bond motifs is 1. The van der Waals surface area contributed by atoms with E-state index >= 15 is 0 Å². The monoisotopic (exact) mass is 369 g/mol. The molecule has 2 aliphatic rings. The number of aryl methyl sites for hydroxylation is 1. The Balaban J connectivity index is 0.00000208. The number of rotatable bonds is 4. The van der Waals surface area contributed by atoms with Gasteiger partial charge in [0.1, 0.15) is 0 Å². The van der Waals surface area contributed by atoms with Crippen LogP contribution in [0, 0.1) is 0 Å². The fourth-order valence-corrected chi connectivity index (χ4v) is 4.06. The molecule has 1 unspecified atom stereocenters. The van der Waals surface area contributed by atoms with Crippen molar-refractivity contribution in [2.24, 2.45) is 0 Å². The first-order valence-electron chi connectivity index (χ1n) is 8.20. The van der Waals surface area contributed by atoms with Gasteiger partial charge < -0.3 is 15.5 Å². The van der Waals surface area contributed by atoms with Gasteiger partial charge in [-0.15, -0.1) is 12.4 Å². The van der Waals surface area contributed by atoms with Crippen LogP contribution in [0.15, 0.2) is 24.3 Å². The molecule has 2 aliphatic heterocycles. The molecular formula is C17H24ClN3O2S. The van der Waals surface area contributed by atoms with Gasteiger partial charge in [-0.3, -0.25) is 9.59 Å². The van der Waals surface area contributed by atoms with E-state index in [0.29, 0.717) is 6.42 Å². The van der Waals surface area contributed by atoms with Crippen molar-refractivity contribution in [1.82, 2.24) is 10.6 Å². The summed E-state index contributed by atoms with van der Waals surface area (Å²) in [5.41, 5.74) is 2.20. The Labute approximate surface area is 153 Å². The van der Waals surface area contributed by atoms with Crippen molar-refractivity contribution >= 4 is 41.7 Å². The topological polar surface area (TPSA) is 61.4 Å². The lowest BCUT2D eigenvalue weighted by Gasteiger charge is -2.29. The van der Waals surface area contributed by atoms with Crippen LogP contribution in [0.1, 0.15) is 18.4 Å². The van der Waals surface area contributed by atoms with Gasteiger partial charge in [0.25, 0.3) is 0 Å². The number of benzene rings is 1. The van der Waals surface area contributed by atoms with E-state index in [0.717, 1.165) is 43.1 Å². The molecule has 2 amide bonds. The van der Waals surface area contributed by atoms with Gasteiger partial charge in [0.15, 0.2) is 0 Å². The predicted octanol–water partition coefficient (Wildman–Crippen LogP) is 1.60. The fraction of sp³-hybridized carbons (Fsp3) is 0.529. The molecular weight excluding hydrogens is 346 g/mol. The summed E-state index contributed by atoms with van der Waals surface area (Å²) in [6.07, 6.45) is 2.42. The Hall–Kier alpha value is -1.24. The third kappa shape index (κ3) is 4.88. The largest absolute Gasteiger partial charge is 0.347 e. The molecule has 1 atom stereocenters. The van der Waals surface area contributed by atoms with Crippen LogP contribution in [-0.4, -0.2) is 49.0 Å². The van der Waals surface area contributed by atoms with Gasteiger partial charge in [0, 0.05) is 42.7 Å². The molecule has 2 heterocycles. The van der Waals surface area contributed by atoms with E-state index in [9.17, 15) is 9.59 Å². The molecule has 132 valence electrons. The van der Waals surface area contributed by atoms with Gasteiger partial charge in [-0.2, -0.15) is 11.8 Å². The number of hydrogen-bond acceptors (Lipinski definition) is 4. The van der Waals surface area contributed by atoms with Gasteiger partial charge in [-0.1, -0.05) is 18.2 Å². The van der Waals surface area contributed by atoms with Crippen molar-refractivity contribution in [3.63, 3.8) is 0 Å². The Morgan fingerprint density at radius 1 is 1.33 bits per heavy atom. The van der Waals surface area contributed by atoms with Crippen LogP contribution < -0.4 is 15.5 Å². The maximum Gasteiger partial charge on any atom is 0.246 e. The third-order valence-electron chi connectivity index (χ3n) is 4.28. The van der Waals surface area contributed by atoms with Gasteiger partial charge in [-0.05, 0) is 24.5 Å². The smallest absolute Gasteiger partial charge is 0.246 e. The Bertz CT molecular complexity index is 579. The molecule has 0 aliphatic carbocycles. The highest BCUT2D eigenvalue weighted by Gasteiger charge is 2.23. The molecule has 24 heavy (non-hydrogen) atoms. The molecule has 0 spiro atoms. The maximum absolute atomic E-state index is 12.4. The zero-order valence-corrected chi connectivity index (χ0v) is 15.3. The molecule has 0 radical (unpaired) electrons. The second-order valence-electron chi connectivity index (χ2n) is 5.98. The molecule has 3 rings (SSSR count). The molecule has 7 heteroatoms. The van der Waals surface area contributed by atoms with Crippen LogP contribution in [0.3, 0.4) is 0 Å². The average molecular weight is 370 g/mol. The Kier molecular flexibility index (Phi) is 7.40. The van der Waals surface area contributed by atoms with Crippen LogP contribution in [-0.2, 0) is 16.0 Å². The first kappa shape index (κ1) is 19.1. The molecule has 5 nitrogen and oxygen atoms in total. The molecule has 1 aromatic carbocycles. The Morgan fingerprint density at radius 3 is 2.96 bits per heavy atom. The molecule has 0 aromatic heterocycles. The summed E-state index contributed by atoms with van der Waals surface area (Å²) in [6.45, 7) is 1.76. The molecule has 0 saturated carbocycles. The minimum absolute atomic E-state index is 0. The van der Waals surface area contributed by atoms with Crippen molar-refractivity contribution in [2.45, 2.75) is 25.3 Å². The van der Waals surface area contributed by atoms with E-state index in [2.05, 4.69) is 16.7 Å². The van der Waals surface area contributed by atoms with Gasteiger partial charge in [-0.25, -0.2) is 0 Å². The van der Waals surface area contributed by atoms with Crippen molar-refractivity contribution in [3.8, 4) is 0 Å². The number of amides is 2. The van der Waals surface area contributed by atoms with Crippen molar-refractivity contribution in [2.75, 3.05) is 36.0 Å². The van der Waals surface area contributed by atoms with Crippen LogP contribution in [0.5, 0.6) is 0 Å². The SMILES string of the molecule is Cl.O=C(CC1CSCCN1)NCC(=O)N1CCCc2ccccc21. The normalized spacial score (nSPS) is 19.8. The summed E-state index contributed by atoms with van der Waals surface area (Å²) < 4.78 is 0. The lowest BCUT2D eigenvalue weighted by Crippen LogP contribution is -2.45. The van der Waals surface area contributed by atoms with Crippen LogP contribution >= 0.6 is 24.2 Å². The summed E-state index contributed by atoms with van der Waals surface area (Å²) in [6, 6.07) is 8.23. The quantitative estimate of drug-likeness (QED) is 0.846. The average Bonchev–Trinajstić information content (AvgIpc) is 2.60. The molecule has 0 bridgehead atoms. The van der Waals surface area contributed by atoms with E-state index in [1.54, 1.807) is 4.90 Å². The number of halogens is 1. The molecule has 2 N–H and O–H groups in total. The number of nitrogens with zero attached hydrogens (tertiary/aromatic N) is 1. The predicted molar refractivity (Wildman–Crippen MR) is 101 cm³/mol. The van der Waals surface area contributed by atoms with Crippen LogP contribution in [0.2, 0.25) is 0 Å². The van der Waals surface area contributed by atoms with Crippen LogP contribution in [0.25, 0.3) is 0 Å². The van der Waals surface area contributed by atoms with Crippen molar-refractivity contribution in [3.05, 3.63) is 29.8 Å². The van der Waals surface area contributed by atoms with Gasteiger partial charge >= 0.3 is 0 Å². The summed E-state index contributed by atoms with van der Waals surface area (Å²) >= 11 is 1.87. The zero-order valence-electron chi connectivity index (χ0n) is 13.6. The second-order valence-corrected chi connectivity index (χ2v) is 7.13. The lowest BCUT2D eigenvalue weighted by atomic mass is 10.0. The van der Waals surface area contributed by atoms with E-state index in [1.165, 1.54) is 5.56 Å². The maximum atomic E-state index is 12.4. The number of carbonyl (C=O) groups excluding carboxylic acids is 2. The van der Waals surface area contributed by atoms with Gasteiger partial charge in [0.2, 0.25) is 11.8 Å². The highest BCUT2D eigenvalue weighted by atomic mass is 35.5. The van der Waals surface area contributed by atoms with Crippen molar-refractivity contribution < 1.29 is 9.59 Å². The summed E-state index contributed by atoms with van der Waals surface area (Å²) in [7, 11) is 0. The number of anilines is 1. The lowest BCUT2D eigenvalue weighted by molar-refractivity contribution is -0.125. The number of carbonyl (C=O) groups is 2. The highest BCUT2D eigenvalue weighted by Crippen LogP contribution is 2.26. The first-order valence-corrected chi connectivity index (χ1v) is 9.35. The Morgan fingerprint density at radius 2 is 2.17 bits per heavy atom. The summed E-state index contributed by atoms with van der Waals surface area (Å²) in [5.74, 6) is 1.98. The van der Waals surface area contributed by atoms with Gasteiger partial charge in [0.05, 0.1) is 6.54 Å². The van der Waals surface area contributed by atoms with Crippen LogP contribution in [0.4, 0.5) is 5.69 Å². The third-order valence-corrected chi connectivity index (χ3v) is 5.41. The number of hydrogen-bond donors (Lipinski definition) is 2. The van der Waals surface area contributed by atoms with E-state index in [4.69, 9.17) is 0 Å². The van der Waals surface area contributed by atoms with E-state index in [1.807, 2.05) is 30.0 Å². The van der Waals surface area contributed by atoms with Crippen molar-refractivity contribution in [1.29, 1.82) is 0 Å². The standard InChI is InChI=1S/C17H23N3O2S.ClH/c21-16(10-14-12-23-9-7-18-14)19-11-17(22)20-8-3-5-13-4-1-2-6-15(13)20;/h1-2,4,6,14,18H,3,5,7-12H2,(H,19,21);1H. The second kappa shape index (κ2) is 9.30. The van der Waals surface area contributed by atoms with E-state index < -0.39 is 0 Å². The first-order chi connectivity index (χ1) is 11.2. The summed E-state index contributed by atoms with van der Waals surface area (Å²) in [4.78, 5) is 26.3. The minimum atomic E-state index is -0.0522.